The molecule has 0 radical (unpaired) electrons. The minimum absolute atomic E-state index is 0.146. The van der Waals surface area contributed by atoms with Crippen molar-refractivity contribution in [3.8, 4) is 0 Å². The highest BCUT2D eigenvalue weighted by atomic mass is 19.1. The zero-order valence-electron chi connectivity index (χ0n) is 22.4. The molecule has 0 aliphatic carbocycles. The molecule has 6 heteroatoms. The highest BCUT2D eigenvalue weighted by molar-refractivity contribution is 5.79. The van der Waals surface area contributed by atoms with E-state index in [4.69, 9.17) is 0 Å². The molecule has 2 amide bonds. The molecular formula is C30H42FN3O2. The van der Waals surface area contributed by atoms with Crippen LogP contribution in [0.3, 0.4) is 0 Å². The van der Waals surface area contributed by atoms with Crippen LogP contribution in [0.4, 0.5) is 4.39 Å². The van der Waals surface area contributed by atoms with E-state index >= 15 is 0 Å². The molecule has 1 unspecified atom stereocenters. The molecule has 36 heavy (non-hydrogen) atoms. The molecule has 1 aliphatic rings. The monoisotopic (exact) mass is 495 g/mol. The van der Waals surface area contributed by atoms with Crippen molar-refractivity contribution in [1.29, 1.82) is 0 Å². The van der Waals surface area contributed by atoms with Gasteiger partial charge in [0, 0.05) is 52.2 Å². The van der Waals surface area contributed by atoms with E-state index in [0.29, 0.717) is 44.9 Å². The van der Waals surface area contributed by atoms with Crippen molar-refractivity contribution in [2.75, 3.05) is 39.3 Å². The fourth-order valence-corrected chi connectivity index (χ4v) is 5.01. The molecule has 0 N–H and O–H groups in total. The molecule has 1 saturated heterocycles. The lowest BCUT2D eigenvalue weighted by molar-refractivity contribution is -0.133. The second-order valence-corrected chi connectivity index (χ2v) is 11.4. The predicted octanol–water partition coefficient (Wildman–Crippen LogP) is 5.00. The van der Waals surface area contributed by atoms with E-state index in [9.17, 15) is 14.0 Å². The van der Waals surface area contributed by atoms with Crippen LogP contribution < -0.4 is 0 Å². The van der Waals surface area contributed by atoms with Gasteiger partial charge in [-0.25, -0.2) is 4.39 Å². The number of piperazine rings is 1. The van der Waals surface area contributed by atoms with Crippen LogP contribution in [-0.2, 0) is 22.6 Å². The van der Waals surface area contributed by atoms with Gasteiger partial charge < -0.3 is 9.80 Å². The number of carbonyl (C=O) groups excluding carboxylic acids is 2. The van der Waals surface area contributed by atoms with Gasteiger partial charge in [-0.15, -0.1) is 0 Å². The molecule has 0 aromatic heterocycles. The van der Waals surface area contributed by atoms with Gasteiger partial charge in [-0.3, -0.25) is 14.5 Å². The van der Waals surface area contributed by atoms with Crippen LogP contribution in [0.15, 0.2) is 54.6 Å². The first-order valence-electron chi connectivity index (χ1n) is 13.2. The summed E-state index contributed by atoms with van der Waals surface area (Å²) in [6.07, 6.45) is 1.94. The number of carbonyl (C=O) groups is 2. The molecule has 5 nitrogen and oxygen atoms in total. The summed E-state index contributed by atoms with van der Waals surface area (Å²) in [5.41, 5.74) is 2.16. The van der Waals surface area contributed by atoms with Gasteiger partial charge in [-0.05, 0) is 41.0 Å². The third-order valence-corrected chi connectivity index (χ3v) is 6.73. The van der Waals surface area contributed by atoms with E-state index in [2.05, 4.69) is 32.6 Å². The van der Waals surface area contributed by atoms with E-state index in [1.165, 1.54) is 12.1 Å². The van der Waals surface area contributed by atoms with Crippen LogP contribution in [-0.4, -0.2) is 65.8 Å². The van der Waals surface area contributed by atoms with Gasteiger partial charge in [0.25, 0.3) is 0 Å². The van der Waals surface area contributed by atoms with Gasteiger partial charge in [0.2, 0.25) is 11.8 Å². The maximum atomic E-state index is 13.4. The predicted molar refractivity (Wildman–Crippen MR) is 143 cm³/mol. The summed E-state index contributed by atoms with van der Waals surface area (Å²) >= 11 is 0. The van der Waals surface area contributed by atoms with Gasteiger partial charge in [0.1, 0.15) is 5.82 Å². The average molecular weight is 496 g/mol. The van der Waals surface area contributed by atoms with Gasteiger partial charge in [0.15, 0.2) is 0 Å². The Morgan fingerprint density at radius 3 is 2.19 bits per heavy atom. The number of nitrogens with zero attached hydrogens (tertiary/aromatic N) is 3. The number of rotatable bonds is 10. The zero-order chi connectivity index (χ0) is 26.1. The lowest BCUT2D eigenvalue weighted by Crippen LogP contribution is -2.51. The van der Waals surface area contributed by atoms with Crippen LogP contribution in [0.1, 0.15) is 51.7 Å². The number of hydrogen-bond acceptors (Lipinski definition) is 3. The third-order valence-electron chi connectivity index (χ3n) is 6.73. The zero-order valence-corrected chi connectivity index (χ0v) is 22.4. The molecule has 1 aliphatic heterocycles. The molecule has 3 rings (SSSR count). The van der Waals surface area contributed by atoms with Crippen molar-refractivity contribution < 1.29 is 14.0 Å². The van der Waals surface area contributed by atoms with Crippen molar-refractivity contribution >= 4 is 11.8 Å². The van der Waals surface area contributed by atoms with Gasteiger partial charge in [0.05, 0.1) is 6.42 Å². The molecule has 0 spiro atoms. The van der Waals surface area contributed by atoms with Crippen molar-refractivity contribution in [2.24, 2.45) is 11.3 Å². The fourth-order valence-electron chi connectivity index (χ4n) is 5.01. The van der Waals surface area contributed by atoms with Crippen LogP contribution in [0.25, 0.3) is 0 Å². The van der Waals surface area contributed by atoms with E-state index in [1.54, 1.807) is 12.1 Å². The lowest BCUT2D eigenvalue weighted by atomic mass is 9.84. The second-order valence-electron chi connectivity index (χ2n) is 11.4. The van der Waals surface area contributed by atoms with E-state index in [1.807, 2.05) is 40.1 Å². The van der Waals surface area contributed by atoms with Crippen molar-refractivity contribution in [3.63, 3.8) is 0 Å². The minimum atomic E-state index is -0.268. The van der Waals surface area contributed by atoms with Gasteiger partial charge in [-0.1, -0.05) is 70.2 Å². The summed E-state index contributed by atoms with van der Waals surface area (Å²) in [6, 6.07) is 16.3. The highest BCUT2D eigenvalue weighted by Gasteiger charge is 2.24. The summed E-state index contributed by atoms with van der Waals surface area (Å²) in [6.45, 7) is 13.6. The largest absolute Gasteiger partial charge is 0.340 e. The molecule has 196 valence electrons. The normalized spacial score (nSPS) is 15.5. The summed E-state index contributed by atoms with van der Waals surface area (Å²) in [5, 5.41) is 0. The molecule has 1 atom stereocenters. The Morgan fingerprint density at radius 2 is 1.58 bits per heavy atom. The minimum Gasteiger partial charge on any atom is -0.340 e. The molecule has 1 heterocycles. The Bertz CT molecular complexity index is 964. The standard InChI is InChI=1S/C30H42FN3O2/c1-24(22-30(2,3)4)20-28(35)34(23-26-10-12-27(31)13-11-26)19-16-32-14-17-33(18-15-32)29(36)21-25-8-6-5-7-9-25/h5-13,24H,14-23H2,1-4H3. The summed E-state index contributed by atoms with van der Waals surface area (Å²) in [5.74, 6) is 0.344. The molecule has 1 fully saturated rings. The molecule has 0 bridgehead atoms. The average Bonchev–Trinajstić information content (AvgIpc) is 2.82. The van der Waals surface area contributed by atoms with Crippen LogP contribution in [0.2, 0.25) is 0 Å². The quantitative estimate of drug-likeness (QED) is 0.466. The molecule has 0 saturated carbocycles. The maximum absolute atomic E-state index is 13.4. The van der Waals surface area contributed by atoms with Gasteiger partial charge >= 0.3 is 0 Å². The van der Waals surface area contributed by atoms with Crippen LogP contribution in [0.5, 0.6) is 0 Å². The highest BCUT2D eigenvalue weighted by Crippen LogP contribution is 2.26. The number of benzene rings is 2. The van der Waals surface area contributed by atoms with E-state index < -0.39 is 0 Å². The van der Waals surface area contributed by atoms with Crippen molar-refractivity contribution in [1.82, 2.24) is 14.7 Å². The smallest absolute Gasteiger partial charge is 0.227 e. The van der Waals surface area contributed by atoms with Crippen molar-refractivity contribution in [3.05, 3.63) is 71.5 Å². The molecule has 2 aromatic rings. The second kappa shape index (κ2) is 13.0. The number of amides is 2. The Hall–Kier alpha value is -2.73. The first-order valence-corrected chi connectivity index (χ1v) is 13.2. The maximum Gasteiger partial charge on any atom is 0.227 e. The lowest BCUT2D eigenvalue weighted by Gasteiger charge is -2.36. The van der Waals surface area contributed by atoms with Crippen LogP contribution >= 0.6 is 0 Å². The summed E-state index contributed by atoms with van der Waals surface area (Å²) in [7, 11) is 0. The SMILES string of the molecule is CC(CC(=O)N(CCN1CCN(C(=O)Cc2ccccc2)CC1)Cc1ccc(F)cc1)CC(C)(C)C. The van der Waals surface area contributed by atoms with E-state index in [0.717, 1.165) is 37.2 Å². The number of hydrogen-bond donors (Lipinski definition) is 0. The van der Waals surface area contributed by atoms with E-state index in [-0.39, 0.29) is 23.0 Å². The Labute approximate surface area is 216 Å². The Kier molecular flexibility index (Phi) is 10.1. The topological polar surface area (TPSA) is 43.9 Å². The Balaban J connectivity index is 1.53. The first-order chi connectivity index (χ1) is 17.1. The third kappa shape index (κ3) is 9.38. The Morgan fingerprint density at radius 1 is 0.944 bits per heavy atom. The molecule has 2 aromatic carbocycles. The first kappa shape index (κ1) is 27.9. The number of halogens is 1. The van der Waals surface area contributed by atoms with Crippen molar-refractivity contribution in [2.45, 2.75) is 53.5 Å². The van der Waals surface area contributed by atoms with Gasteiger partial charge in [-0.2, -0.15) is 0 Å². The van der Waals surface area contributed by atoms with Crippen LogP contribution in [0, 0.1) is 17.2 Å². The summed E-state index contributed by atoms with van der Waals surface area (Å²) < 4.78 is 13.4. The summed E-state index contributed by atoms with van der Waals surface area (Å²) in [4.78, 5) is 32.2. The molecular weight excluding hydrogens is 453 g/mol. The fraction of sp³-hybridized carbons (Fsp3) is 0.533.